The molecule has 152 valence electrons. The Morgan fingerprint density at radius 1 is 1.17 bits per heavy atom. The number of hydrogen-bond donors (Lipinski definition) is 1. The number of aliphatic carboxylic acids is 1. The summed E-state index contributed by atoms with van der Waals surface area (Å²) >= 11 is 0. The summed E-state index contributed by atoms with van der Waals surface area (Å²) in [6.07, 6.45) is 5.21. The number of nitrogens with zero attached hydrogens (tertiary/aromatic N) is 5. The van der Waals surface area contributed by atoms with Gasteiger partial charge in [0.15, 0.2) is 5.65 Å². The van der Waals surface area contributed by atoms with E-state index in [2.05, 4.69) is 9.97 Å². The Kier molecular flexibility index (Phi) is 4.92. The highest BCUT2D eigenvalue weighted by atomic mass is 32.2. The van der Waals surface area contributed by atoms with E-state index in [-0.39, 0.29) is 24.0 Å². The van der Waals surface area contributed by atoms with Gasteiger partial charge in [0.25, 0.3) is 0 Å². The molecule has 11 heteroatoms. The Morgan fingerprint density at radius 3 is 2.55 bits per heavy atom. The van der Waals surface area contributed by atoms with Gasteiger partial charge in [-0.25, -0.2) is 18.2 Å². The van der Waals surface area contributed by atoms with Crippen molar-refractivity contribution in [1.82, 2.24) is 23.4 Å². The van der Waals surface area contributed by atoms with Crippen LogP contribution >= 0.6 is 0 Å². The van der Waals surface area contributed by atoms with Crippen LogP contribution in [0.2, 0.25) is 0 Å². The first kappa shape index (κ1) is 19.3. The van der Waals surface area contributed by atoms with Crippen LogP contribution in [0.1, 0.15) is 18.9 Å². The molecule has 0 bridgehead atoms. The summed E-state index contributed by atoms with van der Waals surface area (Å²) in [4.78, 5) is 32.4. The van der Waals surface area contributed by atoms with Gasteiger partial charge in [0.1, 0.15) is 11.4 Å². The fourth-order valence-electron chi connectivity index (χ4n) is 3.72. The number of pyridine rings is 2. The first-order valence-corrected chi connectivity index (χ1v) is 10.5. The lowest BCUT2D eigenvalue weighted by Crippen LogP contribution is -2.41. The zero-order valence-electron chi connectivity index (χ0n) is 15.4. The van der Waals surface area contributed by atoms with Crippen molar-refractivity contribution in [1.29, 1.82) is 0 Å². The van der Waals surface area contributed by atoms with E-state index in [9.17, 15) is 18.0 Å². The Bertz CT molecular complexity index is 1210. The van der Waals surface area contributed by atoms with Gasteiger partial charge in [0.05, 0.1) is 5.52 Å². The van der Waals surface area contributed by atoms with Gasteiger partial charge in [-0.3, -0.25) is 18.9 Å². The first-order valence-electron chi connectivity index (χ1n) is 9.07. The van der Waals surface area contributed by atoms with Crippen molar-refractivity contribution in [3.05, 3.63) is 53.3 Å². The summed E-state index contributed by atoms with van der Waals surface area (Å²) in [6.45, 7) is 0.0296. The minimum absolute atomic E-state index is 0.135. The number of carbonyl (C=O) groups is 1. The maximum Gasteiger partial charge on any atom is 0.331 e. The molecule has 29 heavy (non-hydrogen) atoms. The smallest absolute Gasteiger partial charge is 0.331 e. The second-order valence-corrected chi connectivity index (χ2v) is 8.74. The van der Waals surface area contributed by atoms with Crippen LogP contribution in [0.15, 0.2) is 52.5 Å². The van der Waals surface area contributed by atoms with Crippen molar-refractivity contribution in [3.8, 4) is 0 Å². The lowest BCUT2D eigenvalue weighted by atomic mass is 10.1. The molecule has 3 aromatic heterocycles. The molecule has 3 aromatic rings. The highest BCUT2D eigenvalue weighted by molar-refractivity contribution is 7.89. The summed E-state index contributed by atoms with van der Waals surface area (Å²) in [5.41, 5.74) is 0.410. The van der Waals surface area contributed by atoms with E-state index in [0.717, 1.165) is 0 Å². The third kappa shape index (κ3) is 3.42. The van der Waals surface area contributed by atoms with Gasteiger partial charge in [-0.2, -0.15) is 4.31 Å². The van der Waals surface area contributed by atoms with Crippen molar-refractivity contribution in [2.75, 3.05) is 13.1 Å². The largest absolute Gasteiger partial charge is 0.480 e. The molecule has 0 aromatic carbocycles. The molecule has 1 aliphatic rings. The van der Waals surface area contributed by atoms with E-state index in [1.807, 2.05) is 0 Å². The number of imidazole rings is 1. The third-order valence-corrected chi connectivity index (χ3v) is 6.96. The number of piperidine rings is 1. The molecule has 1 N–H and O–H groups in total. The van der Waals surface area contributed by atoms with Crippen molar-refractivity contribution >= 4 is 27.2 Å². The number of hydrogen-bond acceptors (Lipinski definition) is 6. The number of rotatable bonds is 5. The molecule has 0 saturated carbocycles. The molecule has 0 aliphatic carbocycles. The molecule has 1 fully saturated rings. The molecule has 1 aliphatic heterocycles. The van der Waals surface area contributed by atoms with Crippen molar-refractivity contribution < 1.29 is 18.3 Å². The second-order valence-electron chi connectivity index (χ2n) is 6.80. The Labute approximate surface area is 166 Å². The molecule has 0 spiro atoms. The highest BCUT2D eigenvalue weighted by Gasteiger charge is 2.32. The summed E-state index contributed by atoms with van der Waals surface area (Å²) in [5.74, 6) is -1.12. The van der Waals surface area contributed by atoms with E-state index in [1.54, 1.807) is 24.4 Å². The maximum absolute atomic E-state index is 12.9. The van der Waals surface area contributed by atoms with Gasteiger partial charge >= 0.3 is 11.7 Å². The zero-order chi connectivity index (χ0) is 20.6. The summed E-state index contributed by atoms with van der Waals surface area (Å²) < 4.78 is 29.6. The predicted molar refractivity (Wildman–Crippen MR) is 103 cm³/mol. The van der Waals surface area contributed by atoms with Crippen molar-refractivity contribution in [3.63, 3.8) is 0 Å². The Hall–Kier alpha value is -3.05. The minimum Gasteiger partial charge on any atom is -0.480 e. The average Bonchev–Trinajstić information content (AvgIpc) is 3.00. The van der Waals surface area contributed by atoms with E-state index in [0.29, 0.717) is 24.0 Å². The molecule has 4 rings (SSSR count). The Morgan fingerprint density at radius 2 is 1.90 bits per heavy atom. The normalized spacial score (nSPS) is 16.3. The fourth-order valence-corrected chi connectivity index (χ4v) is 5.15. The summed E-state index contributed by atoms with van der Waals surface area (Å²) in [5, 5.41) is 9.14. The molecule has 1 saturated heterocycles. The number of carboxylic acids is 1. The number of aromatic nitrogens is 4. The first-order chi connectivity index (χ1) is 13.9. The van der Waals surface area contributed by atoms with E-state index in [4.69, 9.17) is 5.11 Å². The third-order valence-electron chi connectivity index (χ3n) is 5.08. The van der Waals surface area contributed by atoms with Crippen LogP contribution in [-0.4, -0.2) is 56.0 Å². The van der Waals surface area contributed by atoms with Crippen LogP contribution in [0.4, 0.5) is 0 Å². The molecular weight excluding hydrogens is 398 g/mol. The second kappa shape index (κ2) is 7.41. The van der Waals surface area contributed by atoms with Crippen LogP contribution in [-0.2, 0) is 21.4 Å². The number of sulfonamides is 1. The molecule has 0 radical (unpaired) electrons. The van der Waals surface area contributed by atoms with Gasteiger partial charge in [0, 0.05) is 37.7 Å². The van der Waals surface area contributed by atoms with Gasteiger partial charge in [-0.05, 0) is 37.1 Å². The van der Waals surface area contributed by atoms with Crippen LogP contribution in [0, 0.1) is 0 Å². The molecular formula is C18H19N5O5S. The molecule has 0 amide bonds. The quantitative estimate of drug-likeness (QED) is 0.647. The lowest BCUT2D eigenvalue weighted by molar-refractivity contribution is -0.137. The zero-order valence-corrected chi connectivity index (χ0v) is 16.2. The molecule has 0 atom stereocenters. The van der Waals surface area contributed by atoms with Gasteiger partial charge in [0.2, 0.25) is 10.0 Å². The van der Waals surface area contributed by atoms with Crippen LogP contribution in [0.5, 0.6) is 0 Å². The SMILES string of the molecule is O=C(O)Cn1c(=O)n(C2CCN(S(=O)(=O)c3cccnc3)CC2)c2ncccc21. The van der Waals surface area contributed by atoms with Crippen LogP contribution in [0.25, 0.3) is 11.2 Å². The van der Waals surface area contributed by atoms with E-state index in [1.165, 1.54) is 31.9 Å². The monoisotopic (exact) mass is 417 g/mol. The minimum atomic E-state index is -3.65. The Balaban J connectivity index is 1.63. The molecule has 4 heterocycles. The average molecular weight is 417 g/mol. The van der Waals surface area contributed by atoms with Gasteiger partial charge in [-0.15, -0.1) is 0 Å². The van der Waals surface area contributed by atoms with Crippen molar-refractivity contribution in [2.24, 2.45) is 0 Å². The standard InChI is InChI=1S/C18H19N5O5S/c24-16(25)12-22-15-4-2-8-20-17(15)23(18(22)26)13-5-9-21(10-6-13)29(27,28)14-3-1-7-19-11-14/h1-4,7-8,11,13H,5-6,9-10,12H2,(H,24,25). The van der Waals surface area contributed by atoms with Crippen LogP contribution in [0.3, 0.4) is 0 Å². The van der Waals surface area contributed by atoms with E-state index >= 15 is 0 Å². The predicted octanol–water partition coefficient (Wildman–Crippen LogP) is 0.703. The number of carboxylic acid groups (broad SMARTS) is 1. The lowest BCUT2D eigenvalue weighted by Gasteiger charge is -2.31. The number of fused-ring (bicyclic) bond motifs is 1. The fraction of sp³-hybridized carbons (Fsp3) is 0.333. The van der Waals surface area contributed by atoms with Gasteiger partial charge in [-0.1, -0.05) is 0 Å². The van der Waals surface area contributed by atoms with E-state index < -0.39 is 28.2 Å². The van der Waals surface area contributed by atoms with Crippen LogP contribution < -0.4 is 5.69 Å². The highest BCUT2D eigenvalue weighted by Crippen LogP contribution is 2.28. The summed E-state index contributed by atoms with van der Waals surface area (Å²) in [7, 11) is -3.65. The van der Waals surface area contributed by atoms with Gasteiger partial charge < -0.3 is 5.11 Å². The molecule has 10 nitrogen and oxygen atoms in total. The summed E-state index contributed by atoms with van der Waals surface area (Å²) in [6, 6.07) is 6.11. The molecule has 0 unspecified atom stereocenters. The van der Waals surface area contributed by atoms with Crippen molar-refractivity contribution in [2.45, 2.75) is 30.3 Å². The topological polar surface area (TPSA) is 127 Å². The maximum atomic E-state index is 12.9.